The Morgan fingerprint density at radius 3 is 3.06 bits per heavy atom. The zero-order valence-corrected chi connectivity index (χ0v) is 10.1. The van der Waals surface area contributed by atoms with Crippen LogP contribution in [0.25, 0.3) is 0 Å². The third-order valence-electron chi connectivity index (χ3n) is 3.52. The van der Waals surface area contributed by atoms with E-state index in [1.807, 2.05) is 24.3 Å². The Morgan fingerprint density at radius 1 is 1.35 bits per heavy atom. The van der Waals surface area contributed by atoms with Crippen LogP contribution in [0.1, 0.15) is 31.1 Å². The van der Waals surface area contributed by atoms with Crippen molar-refractivity contribution in [1.82, 2.24) is 5.32 Å². The number of carbonyl (C=O) groups is 1. The highest BCUT2D eigenvalue weighted by molar-refractivity contribution is 6.30. The van der Waals surface area contributed by atoms with E-state index in [0.717, 1.165) is 24.8 Å². The summed E-state index contributed by atoms with van der Waals surface area (Å²) in [5.41, 5.74) is 0.913. The second-order valence-electron chi connectivity index (χ2n) is 4.66. The highest BCUT2D eigenvalue weighted by Crippen LogP contribution is 2.36. The maximum absolute atomic E-state index is 11.9. The van der Waals surface area contributed by atoms with Crippen LogP contribution in [0.5, 0.6) is 0 Å². The number of rotatable bonds is 1. The molecular weight excluding hydrogens is 238 g/mol. The van der Waals surface area contributed by atoms with Crippen molar-refractivity contribution >= 4 is 17.5 Å². The number of ether oxygens (including phenoxy) is 1. The van der Waals surface area contributed by atoms with Gasteiger partial charge in [-0.25, -0.2) is 0 Å². The largest absolute Gasteiger partial charge is 0.350 e. The number of hydrogen-bond donors (Lipinski definition) is 1. The fraction of sp³-hybridized carbons (Fsp3) is 0.462. The lowest BCUT2D eigenvalue weighted by molar-refractivity contribution is -0.150. The Morgan fingerprint density at radius 2 is 2.24 bits per heavy atom. The molecule has 4 heteroatoms. The van der Waals surface area contributed by atoms with Gasteiger partial charge < -0.3 is 10.1 Å². The summed E-state index contributed by atoms with van der Waals surface area (Å²) in [4.78, 5) is 11.9. The van der Waals surface area contributed by atoms with E-state index in [-0.39, 0.29) is 24.2 Å². The molecule has 90 valence electrons. The van der Waals surface area contributed by atoms with Gasteiger partial charge in [0.25, 0.3) is 0 Å². The highest BCUT2D eigenvalue weighted by atomic mass is 35.5. The van der Waals surface area contributed by atoms with Crippen LogP contribution in [-0.4, -0.2) is 12.0 Å². The van der Waals surface area contributed by atoms with E-state index in [0.29, 0.717) is 5.02 Å². The molecule has 1 aliphatic heterocycles. The molecule has 1 aliphatic carbocycles. The average Bonchev–Trinajstić information content (AvgIpc) is 2.77. The molecule has 0 radical (unpaired) electrons. The van der Waals surface area contributed by atoms with E-state index in [1.54, 1.807) is 0 Å². The topological polar surface area (TPSA) is 38.3 Å². The molecule has 1 aromatic carbocycles. The second kappa shape index (κ2) is 4.31. The summed E-state index contributed by atoms with van der Waals surface area (Å²) in [6, 6.07) is 7.44. The molecule has 1 heterocycles. The lowest BCUT2D eigenvalue weighted by atomic mass is 10.0. The van der Waals surface area contributed by atoms with E-state index in [1.165, 1.54) is 0 Å². The summed E-state index contributed by atoms with van der Waals surface area (Å²) in [5.74, 6) is 0.161. The molecule has 1 saturated carbocycles. The molecule has 2 fully saturated rings. The van der Waals surface area contributed by atoms with E-state index in [2.05, 4.69) is 5.32 Å². The molecule has 0 unspecified atom stereocenters. The molecule has 3 atom stereocenters. The van der Waals surface area contributed by atoms with E-state index in [9.17, 15) is 4.79 Å². The van der Waals surface area contributed by atoms with Gasteiger partial charge in [0.15, 0.2) is 6.23 Å². The Kier molecular flexibility index (Phi) is 2.81. The number of nitrogens with one attached hydrogen (secondary N) is 1. The van der Waals surface area contributed by atoms with Crippen LogP contribution in [0.2, 0.25) is 5.02 Å². The minimum absolute atomic E-state index is 0.0467. The summed E-state index contributed by atoms with van der Waals surface area (Å²) in [6.45, 7) is 0. The van der Waals surface area contributed by atoms with Crippen molar-refractivity contribution in [3.63, 3.8) is 0 Å². The lowest BCUT2D eigenvalue weighted by Crippen LogP contribution is -2.46. The van der Waals surface area contributed by atoms with Gasteiger partial charge in [-0.15, -0.1) is 0 Å². The van der Waals surface area contributed by atoms with Gasteiger partial charge in [0.05, 0.1) is 12.0 Å². The molecule has 3 rings (SSSR count). The third-order valence-corrected chi connectivity index (χ3v) is 3.76. The van der Waals surface area contributed by atoms with Crippen LogP contribution < -0.4 is 5.32 Å². The van der Waals surface area contributed by atoms with Crippen LogP contribution in [-0.2, 0) is 9.53 Å². The molecule has 1 aromatic rings. The smallest absolute Gasteiger partial charge is 0.227 e. The zero-order valence-electron chi connectivity index (χ0n) is 9.36. The number of amides is 1. The van der Waals surface area contributed by atoms with Crippen LogP contribution in [0.15, 0.2) is 24.3 Å². The first-order valence-corrected chi connectivity index (χ1v) is 6.33. The minimum atomic E-state index is -0.347. The normalized spacial score (nSPS) is 32.1. The number of benzene rings is 1. The van der Waals surface area contributed by atoms with Crippen LogP contribution in [0.3, 0.4) is 0 Å². The number of halogens is 1. The quantitative estimate of drug-likeness (QED) is 0.833. The third kappa shape index (κ3) is 2.05. The van der Waals surface area contributed by atoms with Gasteiger partial charge in [-0.3, -0.25) is 4.79 Å². The summed E-state index contributed by atoms with van der Waals surface area (Å²) in [6.07, 6.45) is 2.73. The standard InChI is InChI=1S/C13H14ClNO2/c14-9-4-1-3-8(7-9)13-15-12(16)10-5-2-6-11(10)17-13/h1,3-4,7,10-11,13H,2,5-6H2,(H,15,16)/t10-,11+,13+/m1/s1. The summed E-state index contributed by atoms with van der Waals surface area (Å²) in [7, 11) is 0. The van der Waals surface area contributed by atoms with Crippen molar-refractivity contribution in [3.8, 4) is 0 Å². The van der Waals surface area contributed by atoms with E-state index in [4.69, 9.17) is 16.3 Å². The molecule has 0 bridgehead atoms. The van der Waals surface area contributed by atoms with Crippen molar-refractivity contribution < 1.29 is 9.53 Å². The number of carbonyl (C=O) groups excluding carboxylic acids is 1. The van der Waals surface area contributed by atoms with Crippen molar-refractivity contribution in [2.24, 2.45) is 5.92 Å². The van der Waals surface area contributed by atoms with Gasteiger partial charge in [-0.2, -0.15) is 0 Å². The summed E-state index contributed by atoms with van der Waals surface area (Å²) >= 11 is 5.94. The molecule has 1 saturated heterocycles. The SMILES string of the molecule is O=C1N[C@H](c2cccc(Cl)c2)O[C@H]2CCC[C@@H]12. The van der Waals surface area contributed by atoms with Gasteiger partial charge in [0.2, 0.25) is 5.91 Å². The fourth-order valence-corrected chi connectivity index (χ4v) is 2.86. The lowest BCUT2D eigenvalue weighted by Gasteiger charge is -2.33. The Bertz CT molecular complexity index is 449. The second-order valence-corrected chi connectivity index (χ2v) is 5.09. The molecule has 2 aliphatic rings. The van der Waals surface area contributed by atoms with Gasteiger partial charge >= 0.3 is 0 Å². The Labute approximate surface area is 105 Å². The van der Waals surface area contributed by atoms with Crippen molar-refractivity contribution in [3.05, 3.63) is 34.9 Å². The number of hydrogen-bond acceptors (Lipinski definition) is 2. The van der Waals surface area contributed by atoms with Crippen LogP contribution >= 0.6 is 11.6 Å². The predicted molar refractivity (Wildman–Crippen MR) is 64.5 cm³/mol. The van der Waals surface area contributed by atoms with Crippen molar-refractivity contribution in [2.45, 2.75) is 31.6 Å². The summed E-state index contributed by atoms with van der Waals surface area (Å²) < 4.78 is 5.93. The average molecular weight is 252 g/mol. The zero-order chi connectivity index (χ0) is 11.8. The molecular formula is C13H14ClNO2. The Balaban J connectivity index is 1.83. The van der Waals surface area contributed by atoms with Gasteiger partial charge in [-0.05, 0) is 31.4 Å². The number of fused-ring (bicyclic) bond motifs is 1. The molecule has 3 nitrogen and oxygen atoms in total. The van der Waals surface area contributed by atoms with E-state index >= 15 is 0 Å². The molecule has 0 aromatic heterocycles. The maximum atomic E-state index is 11.9. The minimum Gasteiger partial charge on any atom is -0.350 e. The maximum Gasteiger partial charge on any atom is 0.227 e. The van der Waals surface area contributed by atoms with Gasteiger partial charge in [0, 0.05) is 10.6 Å². The fourth-order valence-electron chi connectivity index (χ4n) is 2.67. The summed E-state index contributed by atoms with van der Waals surface area (Å²) in [5, 5.41) is 3.57. The molecule has 0 spiro atoms. The highest BCUT2D eigenvalue weighted by Gasteiger charge is 2.40. The first-order valence-electron chi connectivity index (χ1n) is 5.95. The Hall–Kier alpha value is -1.06. The molecule has 17 heavy (non-hydrogen) atoms. The van der Waals surface area contributed by atoms with Crippen LogP contribution in [0.4, 0.5) is 0 Å². The first-order chi connectivity index (χ1) is 8.24. The van der Waals surface area contributed by atoms with Gasteiger partial charge in [0.1, 0.15) is 0 Å². The van der Waals surface area contributed by atoms with Crippen molar-refractivity contribution in [1.29, 1.82) is 0 Å². The van der Waals surface area contributed by atoms with Crippen LogP contribution in [0, 0.1) is 5.92 Å². The van der Waals surface area contributed by atoms with Crippen molar-refractivity contribution in [2.75, 3.05) is 0 Å². The first kappa shape index (κ1) is 11.1. The molecule has 1 amide bonds. The monoisotopic (exact) mass is 251 g/mol. The van der Waals surface area contributed by atoms with Gasteiger partial charge in [-0.1, -0.05) is 23.7 Å². The molecule has 1 N–H and O–H groups in total. The predicted octanol–water partition coefficient (Wildman–Crippen LogP) is 2.65. The van der Waals surface area contributed by atoms with E-state index < -0.39 is 0 Å².